The van der Waals surface area contributed by atoms with Crippen LogP contribution in [0.1, 0.15) is 11.1 Å². The van der Waals surface area contributed by atoms with Crippen molar-refractivity contribution in [2.75, 3.05) is 0 Å². The maximum Gasteiger partial charge on any atom is 0.139 e. The fourth-order valence-electron chi connectivity index (χ4n) is 0.742. The van der Waals surface area contributed by atoms with Crippen LogP contribution in [0, 0.1) is 0 Å². The van der Waals surface area contributed by atoms with Crippen molar-refractivity contribution < 1.29 is 10.3 Å². The molecule has 57 valence electrons. The second-order valence-electron chi connectivity index (χ2n) is 2.07. The van der Waals surface area contributed by atoms with Gasteiger partial charge < -0.3 is 10.3 Å². The molecule has 1 aromatic rings. The second-order valence-corrected chi connectivity index (χ2v) is 2.07. The summed E-state index contributed by atoms with van der Waals surface area (Å²) in [5, 5.41) is 19.5. The van der Waals surface area contributed by atoms with E-state index >= 15 is 0 Å². The van der Waals surface area contributed by atoms with Crippen molar-refractivity contribution in [3.63, 3.8) is 0 Å². The van der Waals surface area contributed by atoms with Crippen LogP contribution in [0.3, 0.4) is 0 Å². The molecule has 0 aliphatic carbocycles. The smallest absolute Gasteiger partial charge is 0.139 e. The van der Waals surface area contributed by atoms with Crippen LogP contribution in [0.2, 0.25) is 0 Å². The molecule has 0 spiro atoms. The third kappa shape index (κ3) is 2.05. The summed E-state index contributed by atoms with van der Waals surface area (Å²) in [6.45, 7) is 0.0244. The standard InChI is InChI=1S/C8H8NO2/c10-6-8-3-1-7(2-4-8)5-9-11/h1-4,10-11H,6H2. The zero-order valence-corrected chi connectivity index (χ0v) is 5.86. The lowest BCUT2D eigenvalue weighted by atomic mass is 10.2. The number of nitrogens with zero attached hydrogens (tertiary/aromatic N) is 1. The van der Waals surface area contributed by atoms with Gasteiger partial charge in [-0.25, -0.2) is 0 Å². The van der Waals surface area contributed by atoms with Crippen LogP contribution in [-0.2, 0) is 6.61 Å². The largest absolute Gasteiger partial charge is 0.410 e. The fraction of sp³-hybridized carbons (Fsp3) is 0.125. The summed E-state index contributed by atoms with van der Waals surface area (Å²) in [5.74, 6) is 0. The maximum absolute atomic E-state index is 8.67. The van der Waals surface area contributed by atoms with Gasteiger partial charge in [0.05, 0.1) is 6.61 Å². The number of aliphatic hydroxyl groups excluding tert-OH is 1. The SMILES string of the molecule is OCc1ccc(/[C]=N/O)cc1. The molecule has 3 nitrogen and oxygen atoms in total. The average Bonchev–Trinajstić information content (AvgIpc) is 2.07. The van der Waals surface area contributed by atoms with Crippen molar-refractivity contribution in [3.05, 3.63) is 35.4 Å². The lowest BCUT2D eigenvalue weighted by Crippen LogP contribution is -1.84. The van der Waals surface area contributed by atoms with Crippen molar-refractivity contribution in [3.8, 4) is 0 Å². The monoisotopic (exact) mass is 150 g/mol. The third-order valence-electron chi connectivity index (χ3n) is 1.32. The number of hydrogen-bond donors (Lipinski definition) is 2. The molecule has 0 aromatic heterocycles. The Labute approximate surface area is 64.6 Å². The predicted octanol–water partition coefficient (Wildman–Crippen LogP) is 0.864. The van der Waals surface area contributed by atoms with Gasteiger partial charge in [0.1, 0.15) is 6.21 Å². The lowest BCUT2D eigenvalue weighted by Gasteiger charge is -1.94. The van der Waals surface area contributed by atoms with Gasteiger partial charge in [-0.3, -0.25) is 0 Å². The summed E-state index contributed by atoms with van der Waals surface area (Å²) < 4.78 is 0. The average molecular weight is 150 g/mol. The number of aliphatic hydroxyl groups is 1. The maximum atomic E-state index is 8.67. The van der Waals surface area contributed by atoms with E-state index in [0.717, 1.165) is 5.56 Å². The van der Waals surface area contributed by atoms with Crippen LogP contribution in [-0.4, -0.2) is 16.5 Å². The van der Waals surface area contributed by atoms with E-state index in [-0.39, 0.29) is 6.61 Å². The van der Waals surface area contributed by atoms with Crippen molar-refractivity contribution >= 4 is 6.21 Å². The van der Waals surface area contributed by atoms with Gasteiger partial charge in [0, 0.05) is 5.56 Å². The Bertz CT molecular complexity index is 241. The molecule has 0 amide bonds. The van der Waals surface area contributed by atoms with E-state index in [1.165, 1.54) is 0 Å². The summed E-state index contributed by atoms with van der Waals surface area (Å²) >= 11 is 0. The summed E-state index contributed by atoms with van der Waals surface area (Å²) in [7, 11) is 0. The van der Waals surface area contributed by atoms with E-state index in [2.05, 4.69) is 11.4 Å². The normalized spacial score (nSPS) is 10.6. The van der Waals surface area contributed by atoms with Crippen LogP contribution in [0.25, 0.3) is 0 Å². The summed E-state index contributed by atoms with van der Waals surface area (Å²) in [5.41, 5.74) is 1.51. The Morgan fingerprint density at radius 3 is 2.36 bits per heavy atom. The van der Waals surface area contributed by atoms with Gasteiger partial charge >= 0.3 is 0 Å². The predicted molar refractivity (Wildman–Crippen MR) is 40.7 cm³/mol. The van der Waals surface area contributed by atoms with E-state index in [1.54, 1.807) is 24.3 Å². The molecule has 11 heavy (non-hydrogen) atoms. The molecule has 1 aromatic carbocycles. The van der Waals surface area contributed by atoms with Gasteiger partial charge in [-0.05, 0) is 5.56 Å². The third-order valence-corrected chi connectivity index (χ3v) is 1.32. The van der Waals surface area contributed by atoms with Crippen LogP contribution in [0.15, 0.2) is 29.4 Å². The first-order valence-corrected chi connectivity index (χ1v) is 3.16. The van der Waals surface area contributed by atoms with E-state index < -0.39 is 0 Å². The Kier molecular flexibility index (Phi) is 2.63. The van der Waals surface area contributed by atoms with Crippen molar-refractivity contribution in [1.82, 2.24) is 0 Å². The molecular weight excluding hydrogens is 142 g/mol. The molecule has 0 unspecified atom stereocenters. The molecule has 0 heterocycles. The van der Waals surface area contributed by atoms with Crippen LogP contribution < -0.4 is 0 Å². The van der Waals surface area contributed by atoms with Gasteiger partial charge in [-0.2, -0.15) is 0 Å². The van der Waals surface area contributed by atoms with Gasteiger partial charge in [0.2, 0.25) is 0 Å². The first-order valence-electron chi connectivity index (χ1n) is 3.16. The highest BCUT2D eigenvalue weighted by atomic mass is 16.4. The number of hydrogen-bond acceptors (Lipinski definition) is 3. The quantitative estimate of drug-likeness (QED) is 0.373. The highest BCUT2D eigenvalue weighted by Crippen LogP contribution is 2.01. The van der Waals surface area contributed by atoms with Gasteiger partial charge in [-0.15, -0.1) is 0 Å². The molecule has 0 saturated carbocycles. The second kappa shape index (κ2) is 3.73. The number of benzene rings is 1. The molecule has 1 radical (unpaired) electrons. The molecule has 0 atom stereocenters. The van der Waals surface area contributed by atoms with E-state index in [1.807, 2.05) is 0 Å². The summed E-state index contributed by atoms with van der Waals surface area (Å²) in [4.78, 5) is 0. The Balaban J connectivity index is 2.82. The Morgan fingerprint density at radius 1 is 1.27 bits per heavy atom. The van der Waals surface area contributed by atoms with Crippen molar-refractivity contribution in [1.29, 1.82) is 0 Å². The first kappa shape index (κ1) is 7.75. The Morgan fingerprint density at radius 2 is 1.91 bits per heavy atom. The van der Waals surface area contributed by atoms with E-state index in [0.29, 0.717) is 5.56 Å². The zero-order valence-electron chi connectivity index (χ0n) is 5.86. The first-order chi connectivity index (χ1) is 5.36. The minimum atomic E-state index is 0.0244. The fourth-order valence-corrected chi connectivity index (χ4v) is 0.742. The lowest BCUT2D eigenvalue weighted by molar-refractivity contribution is 0.282. The van der Waals surface area contributed by atoms with Crippen molar-refractivity contribution in [2.24, 2.45) is 5.16 Å². The van der Waals surface area contributed by atoms with Gasteiger partial charge in [0.25, 0.3) is 0 Å². The van der Waals surface area contributed by atoms with Crippen LogP contribution in [0.5, 0.6) is 0 Å². The minimum Gasteiger partial charge on any atom is -0.410 e. The van der Waals surface area contributed by atoms with Crippen molar-refractivity contribution in [2.45, 2.75) is 6.61 Å². The topological polar surface area (TPSA) is 52.8 Å². The van der Waals surface area contributed by atoms with Crippen LogP contribution >= 0.6 is 0 Å². The molecule has 1 rings (SSSR count). The molecule has 0 saturated heterocycles. The van der Waals surface area contributed by atoms with Crippen LogP contribution in [0.4, 0.5) is 0 Å². The van der Waals surface area contributed by atoms with Gasteiger partial charge in [0.15, 0.2) is 0 Å². The molecular formula is C8H8NO2. The number of rotatable bonds is 2. The summed E-state index contributed by atoms with van der Waals surface area (Å²) in [6, 6.07) is 6.91. The molecule has 0 aliphatic heterocycles. The summed E-state index contributed by atoms with van der Waals surface area (Å²) in [6.07, 6.45) is 2.36. The highest BCUT2D eigenvalue weighted by Gasteiger charge is 1.89. The zero-order chi connectivity index (χ0) is 8.10. The van der Waals surface area contributed by atoms with E-state index in [4.69, 9.17) is 10.3 Å². The molecule has 0 fully saturated rings. The molecule has 0 bridgehead atoms. The minimum absolute atomic E-state index is 0.0244. The molecule has 0 aliphatic rings. The van der Waals surface area contributed by atoms with E-state index in [9.17, 15) is 0 Å². The molecule has 3 heteroatoms. The molecule has 2 N–H and O–H groups in total. The van der Waals surface area contributed by atoms with Gasteiger partial charge in [-0.1, -0.05) is 29.4 Å². The Hall–Kier alpha value is -1.35. The highest BCUT2D eigenvalue weighted by molar-refractivity contribution is 5.78.